The van der Waals surface area contributed by atoms with Gasteiger partial charge < -0.3 is 9.84 Å². The van der Waals surface area contributed by atoms with Gasteiger partial charge in [-0.25, -0.2) is 14.8 Å². The lowest BCUT2D eigenvalue weighted by molar-refractivity contribution is 0.0683. The fraction of sp³-hybridized carbons (Fsp3) is 0.0833. The third-order valence-corrected chi connectivity index (χ3v) is 2.31. The Hall–Kier alpha value is -2.14. The standard InChI is InChI=1S/C12H9ClN2O3/c13-7-18-9-3-1-2-8(6-9)10-4-5-14-11(15-10)12(16)17/h1-6H,7H2,(H,16,17). The largest absolute Gasteiger partial charge is 0.478 e. The van der Waals surface area contributed by atoms with Gasteiger partial charge in [-0.1, -0.05) is 23.7 Å². The van der Waals surface area contributed by atoms with E-state index in [0.717, 1.165) is 5.56 Å². The summed E-state index contributed by atoms with van der Waals surface area (Å²) >= 11 is 5.48. The molecule has 0 saturated carbocycles. The summed E-state index contributed by atoms with van der Waals surface area (Å²) in [5.41, 5.74) is 1.25. The number of carboxylic acid groups (broad SMARTS) is 1. The number of hydrogen-bond donors (Lipinski definition) is 1. The molecular weight excluding hydrogens is 256 g/mol. The molecule has 0 amide bonds. The van der Waals surface area contributed by atoms with Crippen LogP contribution < -0.4 is 4.74 Å². The molecule has 0 saturated heterocycles. The molecule has 0 unspecified atom stereocenters. The van der Waals surface area contributed by atoms with E-state index in [1.54, 1.807) is 30.3 Å². The summed E-state index contributed by atoms with van der Waals surface area (Å²) in [6.07, 6.45) is 1.40. The van der Waals surface area contributed by atoms with Crippen molar-refractivity contribution in [1.29, 1.82) is 0 Å². The molecule has 2 aromatic rings. The first kappa shape index (κ1) is 12.3. The summed E-state index contributed by atoms with van der Waals surface area (Å²) in [4.78, 5) is 18.4. The molecule has 1 N–H and O–H groups in total. The predicted molar refractivity (Wildman–Crippen MR) is 65.8 cm³/mol. The fourth-order valence-corrected chi connectivity index (χ4v) is 1.56. The van der Waals surface area contributed by atoms with Crippen molar-refractivity contribution in [3.8, 4) is 17.0 Å². The molecule has 0 aliphatic heterocycles. The van der Waals surface area contributed by atoms with Crippen LogP contribution >= 0.6 is 11.6 Å². The molecule has 1 aromatic carbocycles. The van der Waals surface area contributed by atoms with Gasteiger partial charge in [0.05, 0.1) is 5.69 Å². The fourth-order valence-electron chi connectivity index (χ4n) is 1.43. The summed E-state index contributed by atoms with van der Waals surface area (Å²) < 4.78 is 5.15. The Morgan fingerprint density at radius 2 is 2.22 bits per heavy atom. The number of alkyl halides is 1. The maximum absolute atomic E-state index is 10.8. The second kappa shape index (κ2) is 5.46. The first-order valence-corrected chi connectivity index (χ1v) is 5.59. The molecule has 0 radical (unpaired) electrons. The van der Waals surface area contributed by atoms with Crippen LogP contribution in [0.3, 0.4) is 0 Å². The van der Waals surface area contributed by atoms with Crippen molar-refractivity contribution in [2.24, 2.45) is 0 Å². The highest BCUT2D eigenvalue weighted by atomic mass is 35.5. The molecule has 5 nitrogen and oxygen atoms in total. The van der Waals surface area contributed by atoms with Gasteiger partial charge in [0.25, 0.3) is 0 Å². The molecule has 0 bridgehead atoms. The normalized spacial score (nSPS) is 10.1. The highest BCUT2D eigenvalue weighted by Crippen LogP contribution is 2.22. The molecule has 2 rings (SSSR count). The Morgan fingerprint density at radius 1 is 1.39 bits per heavy atom. The van der Waals surface area contributed by atoms with Crippen LogP contribution in [0.2, 0.25) is 0 Å². The van der Waals surface area contributed by atoms with Crippen LogP contribution in [0.25, 0.3) is 11.3 Å². The van der Waals surface area contributed by atoms with Gasteiger partial charge in [-0.15, -0.1) is 0 Å². The molecule has 92 valence electrons. The Balaban J connectivity index is 2.38. The number of rotatable bonds is 4. The first-order valence-electron chi connectivity index (χ1n) is 5.06. The zero-order valence-electron chi connectivity index (χ0n) is 9.21. The van der Waals surface area contributed by atoms with Gasteiger partial charge in [0.15, 0.2) is 6.07 Å². The van der Waals surface area contributed by atoms with Crippen LogP contribution in [0.4, 0.5) is 0 Å². The van der Waals surface area contributed by atoms with E-state index in [4.69, 9.17) is 21.4 Å². The molecule has 0 fully saturated rings. The molecule has 6 heteroatoms. The van der Waals surface area contributed by atoms with E-state index >= 15 is 0 Å². The van der Waals surface area contributed by atoms with Crippen molar-refractivity contribution in [1.82, 2.24) is 9.97 Å². The van der Waals surface area contributed by atoms with Crippen molar-refractivity contribution in [3.05, 3.63) is 42.4 Å². The maximum atomic E-state index is 10.8. The van der Waals surface area contributed by atoms with E-state index in [1.165, 1.54) is 6.20 Å². The average Bonchev–Trinajstić information content (AvgIpc) is 2.39. The Morgan fingerprint density at radius 3 is 2.94 bits per heavy atom. The van der Waals surface area contributed by atoms with Crippen molar-refractivity contribution in [3.63, 3.8) is 0 Å². The molecule has 1 heterocycles. The molecule has 0 atom stereocenters. The number of ether oxygens (including phenoxy) is 1. The highest BCUT2D eigenvalue weighted by molar-refractivity contribution is 6.17. The van der Waals surface area contributed by atoms with E-state index in [9.17, 15) is 4.79 Å². The lowest BCUT2D eigenvalue weighted by Gasteiger charge is -2.05. The van der Waals surface area contributed by atoms with Crippen molar-refractivity contribution >= 4 is 17.6 Å². The maximum Gasteiger partial charge on any atom is 0.373 e. The number of carbonyl (C=O) groups is 1. The molecule has 18 heavy (non-hydrogen) atoms. The average molecular weight is 265 g/mol. The topological polar surface area (TPSA) is 72.3 Å². The number of hydrogen-bond acceptors (Lipinski definition) is 4. The number of nitrogens with zero attached hydrogens (tertiary/aromatic N) is 2. The Kier molecular flexibility index (Phi) is 3.74. The number of aromatic nitrogens is 2. The lowest BCUT2D eigenvalue weighted by Crippen LogP contribution is -2.04. The number of aromatic carboxylic acids is 1. The van der Waals surface area contributed by atoms with Crippen LogP contribution in [0, 0.1) is 0 Å². The van der Waals surface area contributed by atoms with Crippen molar-refractivity contribution < 1.29 is 14.6 Å². The number of benzene rings is 1. The number of halogens is 1. The zero-order chi connectivity index (χ0) is 13.0. The van der Waals surface area contributed by atoms with Gasteiger partial charge in [-0.2, -0.15) is 0 Å². The summed E-state index contributed by atoms with van der Waals surface area (Å²) in [6, 6.07) is 8.75. The van der Waals surface area contributed by atoms with Crippen molar-refractivity contribution in [2.75, 3.05) is 6.07 Å². The van der Waals surface area contributed by atoms with Gasteiger partial charge in [0, 0.05) is 11.8 Å². The predicted octanol–water partition coefficient (Wildman–Crippen LogP) is 2.42. The number of carboxylic acids is 1. The Bertz CT molecular complexity index is 575. The molecule has 1 aromatic heterocycles. The third kappa shape index (κ3) is 2.75. The van der Waals surface area contributed by atoms with Crippen LogP contribution in [-0.2, 0) is 0 Å². The minimum Gasteiger partial charge on any atom is -0.478 e. The quantitative estimate of drug-likeness (QED) is 0.859. The summed E-state index contributed by atoms with van der Waals surface area (Å²) in [6.45, 7) is 0. The second-order valence-corrected chi connectivity index (χ2v) is 3.57. The van der Waals surface area contributed by atoms with E-state index in [0.29, 0.717) is 11.4 Å². The first-order chi connectivity index (χ1) is 8.70. The van der Waals surface area contributed by atoms with Crippen LogP contribution in [-0.4, -0.2) is 27.1 Å². The monoisotopic (exact) mass is 264 g/mol. The van der Waals surface area contributed by atoms with E-state index in [-0.39, 0.29) is 11.9 Å². The zero-order valence-corrected chi connectivity index (χ0v) is 9.96. The minimum atomic E-state index is -1.16. The summed E-state index contributed by atoms with van der Waals surface area (Å²) in [5.74, 6) is -0.806. The van der Waals surface area contributed by atoms with E-state index in [2.05, 4.69) is 9.97 Å². The van der Waals surface area contributed by atoms with Gasteiger partial charge in [-0.3, -0.25) is 0 Å². The van der Waals surface area contributed by atoms with Crippen LogP contribution in [0.15, 0.2) is 36.5 Å². The second-order valence-electron chi connectivity index (χ2n) is 3.35. The lowest BCUT2D eigenvalue weighted by atomic mass is 10.1. The molecule has 0 aliphatic rings. The molecular formula is C12H9ClN2O3. The highest BCUT2D eigenvalue weighted by Gasteiger charge is 2.08. The van der Waals surface area contributed by atoms with Gasteiger partial charge in [0.1, 0.15) is 5.75 Å². The minimum absolute atomic E-state index is 0.0492. The summed E-state index contributed by atoms with van der Waals surface area (Å²) in [7, 11) is 0. The van der Waals surface area contributed by atoms with Gasteiger partial charge >= 0.3 is 5.97 Å². The SMILES string of the molecule is O=C(O)c1nccc(-c2cccc(OCCl)c2)n1. The van der Waals surface area contributed by atoms with Gasteiger partial charge in [-0.05, 0) is 18.2 Å². The smallest absolute Gasteiger partial charge is 0.373 e. The van der Waals surface area contributed by atoms with E-state index < -0.39 is 5.97 Å². The van der Waals surface area contributed by atoms with Crippen molar-refractivity contribution in [2.45, 2.75) is 0 Å². The van der Waals surface area contributed by atoms with E-state index in [1.807, 2.05) is 0 Å². The third-order valence-electron chi connectivity index (χ3n) is 2.20. The summed E-state index contributed by atoms with van der Waals surface area (Å²) in [5, 5.41) is 8.83. The van der Waals surface area contributed by atoms with Gasteiger partial charge in [0.2, 0.25) is 5.82 Å². The van der Waals surface area contributed by atoms with Crippen LogP contribution in [0.1, 0.15) is 10.6 Å². The molecule has 0 aliphatic carbocycles. The molecule has 0 spiro atoms. The Labute approximate surface area is 108 Å². The van der Waals surface area contributed by atoms with Crippen LogP contribution in [0.5, 0.6) is 5.75 Å².